The van der Waals surface area contributed by atoms with Gasteiger partial charge in [-0.1, -0.05) is 30.3 Å². The van der Waals surface area contributed by atoms with Crippen LogP contribution in [0.1, 0.15) is 18.9 Å². The number of hydrogen-bond acceptors (Lipinski definition) is 2. The normalized spacial score (nSPS) is 21.9. The molecule has 0 spiro atoms. The Kier molecular flexibility index (Phi) is 3.57. The zero-order valence-electron chi connectivity index (χ0n) is 9.56. The van der Waals surface area contributed by atoms with Crippen LogP contribution in [0.3, 0.4) is 0 Å². The predicted octanol–water partition coefficient (Wildman–Crippen LogP) is 1.82. The summed E-state index contributed by atoms with van der Waals surface area (Å²) in [6.45, 7) is 3.91. The largest absolute Gasteiger partial charge is 0.379 e. The van der Waals surface area contributed by atoms with E-state index in [2.05, 4.69) is 0 Å². The van der Waals surface area contributed by atoms with Crippen molar-refractivity contribution >= 4 is 5.91 Å². The molecule has 1 aromatic carbocycles. The molecule has 1 aliphatic rings. The van der Waals surface area contributed by atoms with Crippen molar-refractivity contribution in [2.45, 2.75) is 25.9 Å². The molecule has 1 aliphatic heterocycles. The highest BCUT2D eigenvalue weighted by atomic mass is 16.5. The van der Waals surface area contributed by atoms with Gasteiger partial charge in [-0.3, -0.25) is 4.79 Å². The minimum atomic E-state index is 0.162. The minimum Gasteiger partial charge on any atom is -0.379 e. The molecule has 1 fully saturated rings. The molecule has 0 N–H and O–H groups in total. The molecule has 1 aromatic rings. The SMILES string of the molecule is C[C@H]1COCCC(=O)N1Cc1ccccc1. The summed E-state index contributed by atoms with van der Waals surface area (Å²) in [6.07, 6.45) is 0.497. The lowest BCUT2D eigenvalue weighted by molar-refractivity contribution is -0.132. The summed E-state index contributed by atoms with van der Waals surface area (Å²) in [6, 6.07) is 10.2. The van der Waals surface area contributed by atoms with Crippen molar-refractivity contribution in [3.05, 3.63) is 35.9 Å². The summed E-state index contributed by atoms with van der Waals surface area (Å²) < 4.78 is 5.38. The van der Waals surface area contributed by atoms with Crippen LogP contribution < -0.4 is 0 Å². The third-order valence-corrected chi connectivity index (χ3v) is 2.87. The van der Waals surface area contributed by atoms with Crippen LogP contribution in [-0.4, -0.2) is 30.1 Å². The number of nitrogens with zero attached hydrogens (tertiary/aromatic N) is 1. The maximum atomic E-state index is 11.9. The molecule has 1 atom stereocenters. The first-order valence-corrected chi connectivity index (χ1v) is 5.68. The Labute approximate surface area is 96.0 Å². The number of carbonyl (C=O) groups is 1. The van der Waals surface area contributed by atoms with E-state index in [0.717, 1.165) is 0 Å². The van der Waals surface area contributed by atoms with Crippen molar-refractivity contribution in [2.75, 3.05) is 13.2 Å². The van der Waals surface area contributed by atoms with Gasteiger partial charge in [-0.05, 0) is 12.5 Å². The summed E-state index contributed by atoms with van der Waals surface area (Å²) >= 11 is 0. The fourth-order valence-corrected chi connectivity index (χ4v) is 1.92. The highest BCUT2D eigenvalue weighted by molar-refractivity contribution is 5.76. The quantitative estimate of drug-likeness (QED) is 0.759. The lowest BCUT2D eigenvalue weighted by atomic mass is 10.2. The van der Waals surface area contributed by atoms with Crippen LogP contribution in [0.25, 0.3) is 0 Å². The van der Waals surface area contributed by atoms with Crippen LogP contribution >= 0.6 is 0 Å². The third-order valence-electron chi connectivity index (χ3n) is 2.87. The molecule has 0 aromatic heterocycles. The van der Waals surface area contributed by atoms with Crippen LogP contribution in [0.2, 0.25) is 0 Å². The molecule has 0 aliphatic carbocycles. The summed E-state index contributed by atoms with van der Waals surface area (Å²) in [5, 5.41) is 0. The van der Waals surface area contributed by atoms with Crippen LogP contribution in [0.4, 0.5) is 0 Å². The lowest BCUT2D eigenvalue weighted by Gasteiger charge is -2.26. The Morgan fingerprint density at radius 3 is 2.88 bits per heavy atom. The molecule has 1 amide bonds. The van der Waals surface area contributed by atoms with Gasteiger partial charge in [-0.25, -0.2) is 0 Å². The number of hydrogen-bond donors (Lipinski definition) is 0. The standard InChI is InChI=1S/C13H17NO2/c1-11-10-16-8-7-13(15)14(11)9-12-5-3-2-4-6-12/h2-6,11H,7-10H2,1H3/t11-/m0/s1. The van der Waals surface area contributed by atoms with Crippen LogP contribution in [0, 0.1) is 0 Å². The van der Waals surface area contributed by atoms with E-state index >= 15 is 0 Å². The third kappa shape index (κ3) is 2.61. The van der Waals surface area contributed by atoms with E-state index in [-0.39, 0.29) is 11.9 Å². The molecule has 16 heavy (non-hydrogen) atoms. The van der Waals surface area contributed by atoms with Gasteiger partial charge in [0.1, 0.15) is 0 Å². The molecule has 1 saturated heterocycles. The van der Waals surface area contributed by atoms with Crippen LogP contribution in [0.15, 0.2) is 30.3 Å². The van der Waals surface area contributed by atoms with Gasteiger partial charge >= 0.3 is 0 Å². The van der Waals surface area contributed by atoms with Crippen molar-refractivity contribution in [3.63, 3.8) is 0 Å². The molecular weight excluding hydrogens is 202 g/mol. The molecular formula is C13H17NO2. The van der Waals surface area contributed by atoms with E-state index in [1.165, 1.54) is 5.56 Å². The molecule has 1 heterocycles. The Hall–Kier alpha value is -1.35. The van der Waals surface area contributed by atoms with Crippen molar-refractivity contribution in [3.8, 4) is 0 Å². The highest BCUT2D eigenvalue weighted by Crippen LogP contribution is 2.13. The van der Waals surface area contributed by atoms with Gasteiger partial charge in [0, 0.05) is 6.54 Å². The van der Waals surface area contributed by atoms with Crippen LogP contribution in [-0.2, 0) is 16.1 Å². The first kappa shape index (κ1) is 11.1. The van der Waals surface area contributed by atoms with E-state index < -0.39 is 0 Å². The number of ether oxygens (including phenoxy) is 1. The first-order valence-electron chi connectivity index (χ1n) is 5.68. The zero-order chi connectivity index (χ0) is 11.4. The number of rotatable bonds is 2. The number of amides is 1. The van der Waals surface area contributed by atoms with Gasteiger partial charge in [0.2, 0.25) is 5.91 Å². The second-order valence-corrected chi connectivity index (χ2v) is 4.18. The van der Waals surface area contributed by atoms with Gasteiger partial charge in [-0.15, -0.1) is 0 Å². The van der Waals surface area contributed by atoms with Gasteiger partial charge in [0.15, 0.2) is 0 Å². The van der Waals surface area contributed by atoms with E-state index in [9.17, 15) is 4.79 Å². The second-order valence-electron chi connectivity index (χ2n) is 4.18. The Balaban J connectivity index is 2.09. The van der Waals surface area contributed by atoms with Gasteiger partial charge < -0.3 is 9.64 Å². The van der Waals surface area contributed by atoms with Crippen molar-refractivity contribution in [1.82, 2.24) is 4.90 Å². The Morgan fingerprint density at radius 2 is 2.12 bits per heavy atom. The van der Waals surface area contributed by atoms with Crippen molar-refractivity contribution < 1.29 is 9.53 Å². The first-order chi connectivity index (χ1) is 7.77. The minimum absolute atomic E-state index is 0.162. The summed E-state index contributed by atoms with van der Waals surface area (Å²) in [4.78, 5) is 13.8. The van der Waals surface area contributed by atoms with Crippen molar-refractivity contribution in [1.29, 1.82) is 0 Å². The predicted molar refractivity (Wildman–Crippen MR) is 61.9 cm³/mol. The van der Waals surface area contributed by atoms with E-state index in [0.29, 0.717) is 26.2 Å². The maximum absolute atomic E-state index is 11.9. The zero-order valence-corrected chi connectivity index (χ0v) is 9.56. The molecule has 3 heteroatoms. The Bertz CT molecular complexity index is 350. The molecule has 0 unspecified atom stereocenters. The summed E-state index contributed by atoms with van der Waals surface area (Å²) in [7, 11) is 0. The highest BCUT2D eigenvalue weighted by Gasteiger charge is 2.23. The molecule has 3 nitrogen and oxygen atoms in total. The summed E-state index contributed by atoms with van der Waals surface area (Å²) in [5.41, 5.74) is 1.17. The van der Waals surface area contributed by atoms with E-state index in [1.807, 2.05) is 42.2 Å². The molecule has 2 rings (SSSR count). The maximum Gasteiger partial charge on any atom is 0.225 e. The lowest BCUT2D eigenvalue weighted by Crippen LogP contribution is -2.38. The molecule has 0 bridgehead atoms. The second kappa shape index (κ2) is 5.12. The van der Waals surface area contributed by atoms with Crippen LogP contribution in [0.5, 0.6) is 0 Å². The van der Waals surface area contributed by atoms with Crippen molar-refractivity contribution in [2.24, 2.45) is 0 Å². The molecule has 86 valence electrons. The number of benzene rings is 1. The van der Waals surface area contributed by atoms with E-state index in [4.69, 9.17) is 4.74 Å². The van der Waals surface area contributed by atoms with Gasteiger partial charge in [0.05, 0.1) is 25.7 Å². The fraction of sp³-hybridized carbons (Fsp3) is 0.462. The topological polar surface area (TPSA) is 29.5 Å². The average Bonchev–Trinajstić information content (AvgIpc) is 2.46. The Morgan fingerprint density at radius 1 is 1.38 bits per heavy atom. The van der Waals surface area contributed by atoms with E-state index in [1.54, 1.807) is 0 Å². The molecule has 0 radical (unpaired) electrons. The fourth-order valence-electron chi connectivity index (χ4n) is 1.92. The van der Waals surface area contributed by atoms with Gasteiger partial charge in [-0.2, -0.15) is 0 Å². The smallest absolute Gasteiger partial charge is 0.225 e. The average molecular weight is 219 g/mol. The summed E-state index contributed by atoms with van der Waals surface area (Å²) in [5.74, 6) is 0.189. The van der Waals surface area contributed by atoms with Gasteiger partial charge in [0.25, 0.3) is 0 Å². The monoisotopic (exact) mass is 219 g/mol. The number of carbonyl (C=O) groups excluding carboxylic acids is 1. The molecule has 0 saturated carbocycles.